The molecule has 6 nitrogen and oxygen atoms in total. The van der Waals surface area contributed by atoms with Gasteiger partial charge < -0.3 is 14.5 Å². The molecule has 0 aliphatic carbocycles. The van der Waals surface area contributed by atoms with Gasteiger partial charge in [0.25, 0.3) is 5.91 Å². The van der Waals surface area contributed by atoms with E-state index in [4.69, 9.17) is 44.0 Å². The summed E-state index contributed by atoms with van der Waals surface area (Å²) in [4.78, 5) is 12.5. The fraction of sp³-hybridized carbons (Fsp3) is 0.0909. The number of furan rings is 1. The molecule has 4 rings (SSSR count). The van der Waals surface area contributed by atoms with Gasteiger partial charge in [-0.3, -0.25) is 9.48 Å². The molecule has 0 saturated heterocycles. The Labute approximate surface area is 197 Å². The Hall–Kier alpha value is -3.00. The molecular weight excluding hydrogens is 480 g/mol. The first kappa shape index (κ1) is 22.2. The van der Waals surface area contributed by atoms with Crippen LogP contribution < -0.4 is 10.1 Å². The number of rotatable bonds is 7. The van der Waals surface area contributed by atoms with Gasteiger partial charge in [0.05, 0.1) is 23.5 Å². The maximum atomic E-state index is 13.2. The second kappa shape index (κ2) is 9.65. The van der Waals surface area contributed by atoms with Gasteiger partial charge in [-0.05, 0) is 42.0 Å². The Balaban J connectivity index is 1.35. The van der Waals surface area contributed by atoms with Crippen molar-refractivity contribution in [3.63, 3.8) is 0 Å². The average Bonchev–Trinajstić information content (AvgIpc) is 3.41. The third kappa shape index (κ3) is 5.24. The van der Waals surface area contributed by atoms with Gasteiger partial charge >= 0.3 is 0 Å². The highest BCUT2D eigenvalue weighted by Crippen LogP contribution is 2.32. The summed E-state index contributed by atoms with van der Waals surface area (Å²) in [6.07, 6.45) is 3.12. The van der Waals surface area contributed by atoms with Gasteiger partial charge in [0, 0.05) is 11.2 Å². The van der Waals surface area contributed by atoms with Crippen molar-refractivity contribution in [2.75, 3.05) is 5.32 Å². The summed E-state index contributed by atoms with van der Waals surface area (Å²) in [7, 11) is 0. The topological polar surface area (TPSA) is 69.3 Å². The second-order valence-corrected chi connectivity index (χ2v) is 7.92. The first-order valence-electron chi connectivity index (χ1n) is 9.32. The van der Waals surface area contributed by atoms with E-state index in [1.165, 1.54) is 24.4 Å². The lowest BCUT2D eigenvalue weighted by Crippen LogP contribution is -2.10. The van der Waals surface area contributed by atoms with E-state index in [-0.39, 0.29) is 12.4 Å². The van der Waals surface area contributed by atoms with E-state index < -0.39 is 11.7 Å². The zero-order valence-electron chi connectivity index (χ0n) is 16.3. The lowest BCUT2D eigenvalue weighted by Gasteiger charge is -2.07. The van der Waals surface area contributed by atoms with Crippen LogP contribution in [0.15, 0.2) is 65.3 Å². The van der Waals surface area contributed by atoms with E-state index in [9.17, 15) is 9.18 Å². The molecule has 1 N–H and O–H groups in total. The first-order valence-corrected chi connectivity index (χ1v) is 10.5. The lowest BCUT2D eigenvalue weighted by molar-refractivity contribution is 0.0992. The molecule has 32 heavy (non-hydrogen) atoms. The highest BCUT2D eigenvalue weighted by atomic mass is 35.5. The Morgan fingerprint density at radius 2 is 1.97 bits per heavy atom. The van der Waals surface area contributed by atoms with Crippen LogP contribution in [0.5, 0.6) is 5.75 Å². The molecule has 0 saturated carbocycles. The van der Waals surface area contributed by atoms with Crippen LogP contribution >= 0.6 is 34.8 Å². The van der Waals surface area contributed by atoms with E-state index in [2.05, 4.69) is 10.4 Å². The standard InChI is InChI=1S/C22H15Cl3FN3O3/c23-17-2-1-3-19(21(17)25)31-12-16-6-7-20(32-16)22(30)28-15-9-27-29(11-15)10-13-4-5-14(26)8-18(13)24/h1-9,11H,10,12H2,(H,28,30). The molecule has 2 heterocycles. The van der Waals surface area contributed by atoms with Gasteiger partial charge in [0.1, 0.15) is 29.0 Å². The molecule has 0 radical (unpaired) electrons. The number of nitrogens with one attached hydrogen (secondary N) is 1. The average molecular weight is 495 g/mol. The molecule has 0 spiro atoms. The Kier molecular flexibility index (Phi) is 6.69. The molecule has 0 fully saturated rings. The number of carbonyl (C=O) groups excluding carboxylic acids is 1. The van der Waals surface area contributed by atoms with Crippen LogP contribution in [0.25, 0.3) is 0 Å². The van der Waals surface area contributed by atoms with E-state index in [0.717, 1.165) is 0 Å². The minimum absolute atomic E-state index is 0.0731. The van der Waals surface area contributed by atoms with Crippen LogP contribution in [0.1, 0.15) is 21.9 Å². The molecule has 0 bridgehead atoms. The van der Waals surface area contributed by atoms with Gasteiger partial charge in [-0.1, -0.05) is 46.9 Å². The lowest BCUT2D eigenvalue weighted by atomic mass is 10.2. The Morgan fingerprint density at radius 3 is 2.78 bits per heavy atom. The fourth-order valence-corrected chi connectivity index (χ4v) is 3.43. The summed E-state index contributed by atoms with van der Waals surface area (Å²) >= 11 is 18.1. The van der Waals surface area contributed by atoms with Gasteiger partial charge in [-0.2, -0.15) is 5.10 Å². The number of nitrogens with zero attached hydrogens (tertiary/aromatic N) is 2. The summed E-state index contributed by atoms with van der Waals surface area (Å²) in [5.74, 6) is 0.0978. The van der Waals surface area contributed by atoms with Crippen molar-refractivity contribution in [2.24, 2.45) is 0 Å². The number of aromatic nitrogens is 2. The number of carbonyl (C=O) groups is 1. The third-order valence-electron chi connectivity index (χ3n) is 4.41. The maximum Gasteiger partial charge on any atom is 0.291 e. The van der Waals surface area contributed by atoms with Gasteiger partial charge in [-0.25, -0.2) is 4.39 Å². The van der Waals surface area contributed by atoms with Crippen LogP contribution in [0, 0.1) is 5.82 Å². The monoisotopic (exact) mass is 493 g/mol. The maximum absolute atomic E-state index is 13.2. The number of hydrogen-bond donors (Lipinski definition) is 1. The van der Waals surface area contributed by atoms with E-state index in [0.29, 0.717) is 44.4 Å². The number of benzene rings is 2. The summed E-state index contributed by atoms with van der Waals surface area (Å²) in [5.41, 5.74) is 1.16. The smallest absolute Gasteiger partial charge is 0.291 e. The van der Waals surface area contributed by atoms with Gasteiger partial charge in [0.15, 0.2) is 5.76 Å². The molecule has 1 amide bonds. The predicted octanol–water partition coefficient (Wildman–Crippen LogP) is 6.46. The molecule has 0 aliphatic heterocycles. The number of anilines is 1. The zero-order valence-corrected chi connectivity index (χ0v) is 18.6. The SMILES string of the molecule is O=C(Nc1cnn(Cc2ccc(F)cc2Cl)c1)c1ccc(COc2cccc(Cl)c2Cl)o1. The van der Waals surface area contributed by atoms with Crippen LogP contribution in [0.3, 0.4) is 0 Å². The zero-order chi connectivity index (χ0) is 22.7. The van der Waals surface area contributed by atoms with Crippen molar-refractivity contribution in [1.82, 2.24) is 9.78 Å². The summed E-state index contributed by atoms with van der Waals surface area (Å²) < 4.78 is 25.9. The normalized spacial score (nSPS) is 10.9. The molecule has 0 atom stereocenters. The Morgan fingerprint density at radius 1 is 1.12 bits per heavy atom. The van der Waals surface area contributed by atoms with E-state index in [1.807, 2.05) is 0 Å². The molecule has 0 aliphatic rings. The molecule has 0 unspecified atom stereocenters. The minimum atomic E-state index is -0.448. The van der Waals surface area contributed by atoms with Gasteiger partial charge in [-0.15, -0.1) is 0 Å². The third-order valence-corrected chi connectivity index (χ3v) is 5.56. The summed E-state index contributed by atoms with van der Waals surface area (Å²) in [6, 6.07) is 12.4. The number of halogens is 4. The van der Waals surface area contributed by atoms with Crippen molar-refractivity contribution >= 4 is 46.4 Å². The fourth-order valence-electron chi connectivity index (χ4n) is 2.85. The van der Waals surface area contributed by atoms with Crippen molar-refractivity contribution < 1.29 is 18.3 Å². The van der Waals surface area contributed by atoms with E-state index in [1.54, 1.807) is 41.2 Å². The number of amides is 1. The number of ether oxygens (including phenoxy) is 1. The second-order valence-electron chi connectivity index (χ2n) is 6.72. The largest absolute Gasteiger partial charge is 0.484 e. The molecule has 4 aromatic rings. The van der Waals surface area contributed by atoms with Crippen molar-refractivity contribution in [3.8, 4) is 5.75 Å². The number of hydrogen-bond acceptors (Lipinski definition) is 4. The molecule has 10 heteroatoms. The molecule has 164 valence electrons. The van der Waals surface area contributed by atoms with Gasteiger partial charge in [0.2, 0.25) is 0 Å². The predicted molar refractivity (Wildman–Crippen MR) is 120 cm³/mol. The van der Waals surface area contributed by atoms with Crippen molar-refractivity contribution in [1.29, 1.82) is 0 Å². The molecule has 2 aromatic heterocycles. The Bertz CT molecular complexity index is 1270. The molecule has 2 aromatic carbocycles. The summed E-state index contributed by atoms with van der Waals surface area (Å²) in [6.45, 7) is 0.396. The van der Waals surface area contributed by atoms with Crippen molar-refractivity contribution in [2.45, 2.75) is 13.2 Å². The summed E-state index contributed by atoms with van der Waals surface area (Å²) in [5, 5.41) is 7.87. The molecular formula is C22H15Cl3FN3O3. The van der Waals surface area contributed by atoms with Crippen LogP contribution in [-0.2, 0) is 13.2 Å². The van der Waals surface area contributed by atoms with Crippen LogP contribution in [0.4, 0.5) is 10.1 Å². The minimum Gasteiger partial charge on any atom is -0.484 e. The van der Waals surface area contributed by atoms with Crippen LogP contribution in [-0.4, -0.2) is 15.7 Å². The van der Waals surface area contributed by atoms with E-state index >= 15 is 0 Å². The first-order chi connectivity index (χ1) is 15.4. The highest BCUT2D eigenvalue weighted by molar-refractivity contribution is 6.42. The van der Waals surface area contributed by atoms with Crippen molar-refractivity contribution in [3.05, 3.63) is 98.9 Å². The van der Waals surface area contributed by atoms with Crippen LogP contribution in [0.2, 0.25) is 15.1 Å². The highest BCUT2D eigenvalue weighted by Gasteiger charge is 2.14. The quantitative estimate of drug-likeness (QED) is 0.320.